The number of amides is 1. The van der Waals surface area contributed by atoms with E-state index in [0.717, 1.165) is 23.1 Å². The van der Waals surface area contributed by atoms with E-state index in [9.17, 15) is 9.59 Å². The molecule has 2 rings (SSSR count). The van der Waals surface area contributed by atoms with Crippen molar-refractivity contribution >= 4 is 33.5 Å². The van der Waals surface area contributed by atoms with E-state index < -0.39 is 11.9 Å². The predicted octanol–water partition coefficient (Wildman–Crippen LogP) is 1.85. The van der Waals surface area contributed by atoms with Gasteiger partial charge < -0.3 is 15.7 Å². The molecule has 19 heavy (non-hydrogen) atoms. The summed E-state index contributed by atoms with van der Waals surface area (Å²) in [4.78, 5) is 24.2. The van der Waals surface area contributed by atoms with Crippen LogP contribution in [0.2, 0.25) is 0 Å². The summed E-state index contributed by atoms with van der Waals surface area (Å²) in [7, 11) is 0. The van der Waals surface area contributed by atoms with Crippen LogP contribution in [0, 0.1) is 5.92 Å². The lowest BCUT2D eigenvalue weighted by molar-refractivity contribution is -0.141. The molecule has 1 unspecified atom stereocenters. The number of carbonyl (C=O) groups excluding carboxylic acids is 1. The Labute approximate surface area is 119 Å². The monoisotopic (exact) mass is 326 g/mol. The number of aliphatic carboxylic acids is 1. The van der Waals surface area contributed by atoms with Gasteiger partial charge in [0.15, 0.2) is 0 Å². The van der Waals surface area contributed by atoms with Crippen molar-refractivity contribution in [2.24, 2.45) is 11.7 Å². The van der Waals surface area contributed by atoms with Gasteiger partial charge in [0.25, 0.3) is 0 Å². The molecular weight excluding hydrogens is 312 g/mol. The molecule has 1 amide bonds. The van der Waals surface area contributed by atoms with Crippen LogP contribution in [0.4, 0.5) is 5.69 Å². The second kappa shape index (κ2) is 5.61. The lowest BCUT2D eigenvalue weighted by Gasteiger charge is -2.33. The molecular formula is C13H15BrN2O3. The number of carboxylic acid groups (broad SMARTS) is 1. The highest BCUT2D eigenvalue weighted by atomic mass is 79.9. The van der Waals surface area contributed by atoms with E-state index >= 15 is 0 Å². The van der Waals surface area contributed by atoms with Gasteiger partial charge in [0.05, 0.1) is 11.6 Å². The molecule has 0 saturated carbocycles. The maximum atomic E-state index is 11.1. The molecule has 0 aliphatic carbocycles. The Morgan fingerprint density at radius 3 is 2.74 bits per heavy atom. The van der Waals surface area contributed by atoms with Gasteiger partial charge in [-0.25, -0.2) is 0 Å². The van der Waals surface area contributed by atoms with E-state index in [1.54, 1.807) is 18.2 Å². The number of primary amides is 1. The summed E-state index contributed by atoms with van der Waals surface area (Å²) < 4.78 is 0.759. The quantitative estimate of drug-likeness (QED) is 0.887. The summed E-state index contributed by atoms with van der Waals surface area (Å²) >= 11 is 3.41. The predicted molar refractivity (Wildman–Crippen MR) is 75.2 cm³/mol. The lowest BCUT2D eigenvalue weighted by atomic mass is 9.97. The summed E-state index contributed by atoms with van der Waals surface area (Å²) in [6.07, 6.45) is 1.56. The zero-order valence-corrected chi connectivity index (χ0v) is 11.9. The highest BCUT2D eigenvalue weighted by molar-refractivity contribution is 9.10. The van der Waals surface area contributed by atoms with Crippen LogP contribution in [0.5, 0.6) is 0 Å². The standard InChI is InChI=1S/C13H15BrN2O3/c14-10-6-8(12(15)17)3-4-11(10)16-5-1-2-9(7-16)13(18)19/h3-4,6,9H,1-2,5,7H2,(H2,15,17)(H,18,19). The van der Waals surface area contributed by atoms with Crippen molar-refractivity contribution in [2.45, 2.75) is 12.8 Å². The smallest absolute Gasteiger partial charge is 0.308 e. The fourth-order valence-corrected chi connectivity index (χ4v) is 2.94. The van der Waals surface area contributed by atoms with Crippen molar-refractivity contribution in [3.8, 4) is 0 Å². The lowest BCUT2D eigenvalue weighted by Crippen LogP contribution is -2.38. The highest BCUT2D eigenvalue weighted by Crippen LogP contribution is 2.30. The summed E-state index contributed by atoms with van der Waals surface area (Å²) in [5.74, 6) is -1.57. The molecule has 102 valence electrons. The summed E-state index contributed by atoms with van der Waals surface area (Å²) in [6, 6.07) is 5.13. The van der Waals surface area contributed by atoms with E-state index in [1.807, 2.05) is 4.90 Å². The summed E-state index contributed by atoms with van der Waals surface area (Å²) in [6.45, 7) is 1.31. The van der Waals surface area contributed by atoms with Crippen molar-refractivity contribution < 1.29 is 14.7 Å². The Morgan fingerprint density at radius 2 is 2.16 bits per heavy atom. The SMILES string of the molecule is NC(=O)c1ccc(N2CCCC(C(=O)O)C2)c(Br)c1. The first-order valence-corrected chi connectivity index (χ1v) is 6.85. The average molecular weight is 327 g/mol. The number of hydrogen-bond donors (Lipinski definition) is 2. The number of piperidine rings is 1. The molecule has 0 aromatic heterocycles. The van der Waals surface area contributed by atoms with Gasteiger partial charge in [-0.3, -0.25) is 9.59 Å². The number of rotatable bonds is 3. The maximum Gasteiger partial charge on any atom is 0.308 e. The van der Waals surface area contributed by atoms with Crippen LogP contribution in [0.1, 0.15) is 23.2 Å². The van der Waals surface area contributed by atoms with Crippen LogP contribution in [0.15, 0.2) is 22.7 Å². The molecule has 0 spiro atoms. The molecule has 5 nitrogen and oxygen atoms in total. The highest BCUT2D eigenvalue weighted by Gasteiger charge is 2.26. The van der Waals surface area contributed by atoms with Crippen molar-refractivity contribution in [3.05, 3.63) is 28.2 Å². The maximum absolute atomic E-state index is 11.1. The van der Waals surface area contributed by atoms with Gasteiger partial charge >= 0.3 is 5.97 Å². The van der Waals surface area contributed by atoms with Crippen molar-refractivity contribution in [1.82, 2.24) is 0 Å². The molecule has 1 heterocycles. The molecule has 1 aromatic rings. The number of hydrogen-bond acceptors (Lipinski definition) is 3. The molecule has 1 aromatic carbocycles. The molecule has 1 aliphatic heterocycles. The zero-order valence-electron chi connectivity index (χ0n) is 10.3. The molecule has 1 fully saturated rings. The van der Waals surface area contributed by atoms with Gasteiger partial charge in [0, 0.05) is 23.1 Å². The topological polar surface area (TPSA) is 83.6 Å². The molecule has 0 bridgehead atoms. The average Bonchev–Trinajstić information content (AvgIpc) is 2.38. The fourth-order valence-electron chi connectivity index (χ4n) is 2.31. The number of carbonyl (C=O) groups is 2. The number of halogens is 1. The number of benzene rings is 1. The van der Waals surface area contributed by atoms with E-state index in [1.165, 1.54) is 0 Å². The van der Waals surface area contributed by atoms with Crippen molar-refractivity contribution in [3.63, 3.8) is 0 Å². The van der Waals surface area contributed by atoms with Crippen LogP contribution in [-0.2, 0) is 4.79 Å². The van der Waals surface area contributed by atoms with Gasteiger partial charge in [-0.2, -0.15) is 0 Å². The van der Waals surface area contributed by atoms with Crippen LogP contribution in [0.25, 0.3) is 0 Å². The van der Waals surface area contributed by atoms with Gasteiger partial charge in [0.1, 0.15) is 0 Å². The third-order valence-corrected chi connectivity index (χ3v) is 3.98. The van der Waals surface area contributed by atoms with Crippen LogP contribution >= 0.6 is 15.9 Å². The summed E-state index contributed by atoms with van der Waals surface area (Å²) in [5, 5.41) is 9.09. The largest absolute Gasteiger partial charge is 0.481 e. The van der Waals surface area contributed by atoms with E-state index in [0.29, 0.717) is 18.5 Å². The minimum Gasteiger partial charge on any atom is -0.481 e. The molecule has 1 saturated heterocycles. The Balaban J connectivity index is 2.22. The third kappa shape index (κ3) is 3.07. The second-order valence-corrected chi connectivity index (χ2v) is 5.51. The van der Waals surface area contributed by atoms with Crippen LogP contribution in [0.3, 0.4) is 0 Å². The first-order chi connectivity index (χ1) is 8.99. The van der Waals surface area contributed by atoms with Crippen molar-refractivity contribution in [2.75, 3.05) is 18.0 Å². The van der Waals surface area contributed by atoms with Gasteiger partial charge in [0.2, 0.25) is 5.91 Å². The van der Waals surface area contributed by atoms with E-state index in [2.05, 4.69) is 15.9 Å². The minimum atomic E-state index is -0.755. The van der Waals surface area contributed by atoms with Gasteiger partial charge in [-0.1, -0.05) is 0 Å². The molecule has 1 atom stereocenters. The fraction of sp³-hybridized carbons (Fsp3) is 0.385. The normalized spacial score (nSPS) is 19.2. The van der Waals surface area contributed by atoms with Gasteiger partial charge in [-0.05, 0) is 47.0 Å². The third-order valence-electron chi connectivity index (χ3n) is 3.34. The van der Waals surface area contributed by atoms with Gasteiger partial charge in [-0.15, -0.1) is 0 Å². The first kappa shape index (κ1) is 13.9. The number of anilines is 1. The first-order valence-electron chi connectivity index (χ1n) is 6.06. The second-order valence-electron chi connectivity index (χ2n) is 4.65. The van der Waals surface area contributed by atoms with Crippen molar-refractivity contribution in [1.29, 1.82) is 0 Å². The Bertz CT molecular complexity index is 519. The number of nitrogens with zero attached hydrogens (tertiary/aromatic N) is 1. The Morgan fingerprint density at radius 1 is 1.42 bits per heavy atom. The molecule has 0 radical (unpaired) electrons. The number of carboxylic acids is 1. The Hall–Kier alpha value is -1.56. The molecule has 6 heteroatoms. The molecule has 1 aliphatic rings. The molecule has 3 N–H and O–H groups in total. The van der Waals surface area contributed by atoms with E-state index in [4.69, 9.17) is 10.8 Å². The number of nitrogens with two attached hydrogens (primary N) is 1. The van der Waals surface area contributed by atoms with E-state index in [-0.39, 0.29) is 5.92 Å². The zero-order chi connectivity index (χ0) is 14.0. The van der Waals surface area contributed by atoms with Crippen LogP contribution in [-0.4, -0.2) is 30.1 Å². The summed E-state index contributed by atoms with van der Waals surface area (Å²) in [5.41, 5.74) is 6.55. The Kier molecular flexibility index (Phi) is 4.09. The minimum absolute atomic E-state index is 0.337. The van der Waals surface area contributed by atoms with Crippen LogP contribution < -0.4 is 10.6 Å².